The summed E-state index contributed by atoms with van der Waals surface area (Å²) in [6, 6.07) is 6.08. The minimum atomic E-state index is 0.0607. The topological polar surface area (TPSA) is 29.4 Å². The zero-order valence-corrected chi connectivity index (χ0v) is 7.84. The van der Waals surface area contributed by atoms with E-state index >= 15 is 0 Å². The summed E-state index contributed by atoms with van der Waals surface area (Å²) in [7, 11) is 0. The second-order valence-corrected chi connectivity index (χ2v) is 3.70. The van der Waals surface area contributed by atoms with Crippen LogP contribution >= 0.6 is 15.9 Å². The molecule has 1 aromatic carbocycles. The van der Waals surface area contributed by atoms with Crippen molar-refractivity contribution in [1.29, 1.82) is 0 Å². The van der Waals surface area contributed by atoms with Gasteiger partial charge in [0, 0.05) is 10.9 Å². The highest BCUT2D eigenvalue weighted by molar-refractivity contribution is 9.10. The Kier molecular flexibility index (Phi) is 1.83. The summed E-state index contributed by atoms with van der Waals surface area (Å²) in [5.74, 6) is 0. The molecule has 0 spiro atoms. The third-order valence-corrected chi connectivity index (χ3v) is 2.58. The molecule has 1 aliphatic carbocycles. The largest absolute Gasteiger partial charge is 0.235 e. The molecule has 0 radical (unpaired) electrons. The van der Waals surface area contributed by atoms with Gasteiger partial charge in [-0.3, -0.25) is 0 Å². The van der Waals surface area contributed by atoms with Gasteiger partial charge in [0.15, 0.2) is 0 Å². The van der Waals surface area contributed by atoms with Gasteiger partial charge in [-0.25, -0.2) is 4.79 Å². The third kappa shape index (κ3) is 1.11. The van der Waals surface area contributed by atoms with Crippen molar-refractivity contribution in [3.05, 3.63) is 33.8 Å². The average molecular weight is 224 g/mol. The number of isocyanates is 1. The molecule has 3 heteroatoms. The molecule has 1 atom stereocenters. The quantitative estimate of drug-likeness (QED) is 0.531. The fraction of sp³-hybridized carbons (Fsp3) is 0.222. The van der Waals surface area contributed by atoms with Crippen molar-refractivity contribution < 1.29 is 4.79 Å². The number of nitrogens with zero attached hydrogens (tertiary/aromatic N) is 1. The number of hydrogen-bond acceptors (Lipinski definition) is 2. The van der Waals surface area contributed by atoms with Crippen LogP contribution in [0.5, 0.6) is 0 Å². The second kappa shape index (κ2) is 2.85. The lowest BCUT2D eigenvalue weighted by Crippen LogP contribution is -2.14. The number of fused-ring (bicyclic) bond motifs is 1. The van der Waals surface area contributed by atoms with Crippen LogP contribution < -0.4 is 0 Å². The lowest BCUT2D eigenvalue weighted by Gasteiger charge is -2.25. The Labute approximate surface area is 78.4 Å². The molecule has 1 aliphatic rings. The van der Waals surface area contributed by atoms with E-state index < -0.39 is 0 Å². The van der Waals surface area contributed by atoms with Gasteiger partial charge in [-0.1, -0.05) is 22.0 Å². The summed E-state index contributed by atoms with van der Waals surface area (Å²) >= 11 is 3.38. The lowest BCUT2D eigenvalue weighted by molar-refractivity contribution is 0.550. The lowest BCUT2D eigenvalue weighted by atomic mass is 9.84. The van der Waals surface area contributed by atoms with Crippen LogP contribution in [0.2, 0.25) is 0 Å². The predicted octanol–water partition coefficient (Wildman–Crippen LogP) is 2.38. The summed E-state index contributed by atoms with van der Waals surface area (Å²) in [6.07, 6.45) is 2.45. The van der Waals surface area contributed by atoms with E-state index in [-0.39, 0.29) is 6.04 Å². The zero-order chi connectivity index (χ0) is 8.55. The standard InChI is InChI=1S/C9H6BrNO/c10-7-1-2-8-6(3-7)4-9(8)11-5-12/h1-3,9H,4H2. The first kappa shape index (κ1) is 7.71. The van der Waals surface area contributed by atoms with E-state index in [1.54, 1.807) is 6.08 Å². The van der Waals surface area contributed by atoms with Crippen molar-refractivity contribution in [2.75, 3.05) is 0 Å². The average Bonchev–Trinajstić information content (AvgIpc) is 2.01. The summed E-state index contributed by atoms with van der Waals surface area (Å²) in [4.78, 5) is 13.7. The molecule has 0 N–H and O–H groups in total. The number of benzene rings is 1. The first-order chi connectivity index (χ1) is 5.81. The molecule has 0 saturated heterocycles. The van der Waals surface area contributed by atoms with Gasteiger partial charge in [0.2, 0.25) is 6.08 Å². The van der Waals surface area contributed by atoms with Gasteiger partial charge in [0.25, 0.3) is 0 Å². The van der Waals surface area contributed by atoms with Crippen molar-refractivity contribution >= 4 is 22.0 Å². The van der Waals surface area contributed by atoms with Gasteiger partial charge in [-0.05, 0) is 23.3 Å². The molecule has 2 rings (SSSR count). The molecule has 0 fully saturated rings. The van der Waals surface area contributed by atoms with Crippen molar-refractivity contribution in [2.45, 2.75) is 12.5 Å². The summed E-state index contributed by atoms with van der Waals surface area (Å²) in [5.41, 5.74) is 2.43. The van der Waals surface area contributed by atoms with Crippen molar-refractivity contribution in [2.24, 2.45) is 4.99 Å². The summed E-state index contributed by atoms with van der Waals surface area (Å²) in [6.45, 7) is 0. The van der Waals surface area contributed by atoms with Crippen LogP contribution in [0.3, 0.4) is 0 Å². The van der Waals surface area contributed by atoms with Crippen LogP contribution in [-0.4, -0.2) is 6.08 Å². The smallest absolute Gasteiger partial charge is 0.211 e. The molecule has 0 amide bonds. The van der Waals surface area contributed by atoms with Crippen molar-refractivity contribution in [3.63, 3.8) is 0 Å². The molecule has 12 heavy (non-hydrogen) atoms. The first-order valence-electron chi connectivity index (χ1n) is 3.66. The van der Waals surface area contributed by atoms with Crippen molar-refractivity contribution in [1.82, 2.24) is 0 Å². The number of rotatable bonds is 1. The van der Waals surface area contributed by atoms with Gasteiger partial charge < -0.3 is 0 Å². The fourth-order valence-corrected chi connectivity index (χ4v) is 1.85. The van der Waals surface area contributed by atoms with Gasteiger partial charge in [-0.2, -0.15) is 4.99 Å². The second-order valence-electron chi connectivity index (χ2n) is 2.78. The maximum atomic E-state index is 9.98. The molecule has 60 valence electrons. The SMILES string of the molecule is O=C=NC1Cc2cc(Br)ccc21. The van der Waals surface area contributed by atoms with Crippen molar-refractivity contribution in [3.8, 4) is 0 Å². The van der Waals surface area contributed by atoms with Gasteiger partial charge >= 0.3 is 0 Å². The normalized spacial score (nSPS) is 18.9. The van der Waals surface area contributed by atoms with Gasteiger partial charge in [0.1, 0.15) is 0 Å². The Morgan fingerprint density at radius 2 is 2.42 bits per heavy atom. The van der Waals surface area contributed by atoms with E-state index in [1.165, 1.54) is 5.56 Å². The van der Waals surface area contributed by atoms with E-state index in [2.05, 4.69) is 27.0 Å². The molecule has 0 saturated carbocycles. The Morgan fingerprint density at radius 3 is 3.08 bits per heavy atom. The van der Waals surface area contributed by atoms with Crippen LogP contribution in [-0.2, 0) is 11.2 Å². The van der Waals surface area contributed by atoms with E-state index in [0.29, 0.717) is 0 Å². The maximum absolute atomic E-state index is 9.98. The van der Waals surface area contributed by atoms with Gasteiger partial charge in [0.05, 0.1) is 6.04 Å². The highest BCUT2D eigenvalue weighted by Crippen LogP contribution is 2.37. The first-order valence-corrected chi connectivity index (χ1v) is 4.46. The van der Waals surface area contributed by atoms with Crippen LogP contribution in [0.1, 0.15) is 17.2 Å². The number of halogens is 1. The predicted molar refractivity (Wildman–Crippen MR) is 48.7 cm³/mol. The van der Waals surface area contributed by atoms with Gasteiger partial charge in [-0.15, -0.1) is 0 Å². The van der Waals surface area contributed by atoms with Crippen LogP contribution in [0.25, 0.3) is 0 Å². The zero-order valence-electron chi connectivity index (χ0n) is 6.25. The van der Waals surface area contributed by atoms with E-state index in [9.17, 15) is 4.79 Å². The minimum absolute atomic E-state index is 0.0607. The maximum Gasteiger partial charge on any atom is 0.235 e. The fourth-order valence-electron chi connectivity index (χ4n) is 1.44. The van der Waals surface area contributed by atoms with E-state index in [0.717, 1.165) is 16.5 Å². The Balaban J connectivity index is 2.36. The Morgan fingerprint density at radius 1 is 1.58 bits per heavy atom. The van der Waals surface area contributed by atoms with E-state index in [4.69, 9.17) is 0 Å². The van der Waals surface area contributed by atoms with Crippen LogP contribution in [0, 0.1) is 0 Å². The Bertz CT molecular complexity index is 369. The van der Waals surface area contributed by atoms with Crippen LogP contribution in [0.4, 0.5) is 0 Å². The summed E-state index contributed by atoms with van der Waals surface area (Å²) < 4.78 is 1.08. The third-order valence-electron chi connectivity index (χ3n) is 2.09. The summed E-state index contributed by atoms with van der Waals surface area (Å²) in [5, 5.41) is 0. The monoisotopic (exact) mass is 223 g/mol. The molecule has 0 aromatic heterocycles. The molecule has 0 heterocycles. The highest BCUT2D eigenvalue weighted by atomic mass is 79.9. The number of aliphatic imine (C=N–C) groups is 1. The molecule has 1 aromatic rings. The highest BCUT2D eigenvalue weighted by Gasteiger charge is 2.25. The molecular weight excluding hydrogens is 218 g/mol. The number of hydrogen-bond donors (Lipinski definition) is 0. The molecule has 2 nitrogen and oxygen atoms in total. The molecular formula is C9H6BrNO. The Hall–Kier alpha value is -0.920. The number of carbonyl (C=O) groups excluding carboxylic acids is 1. The molecule has 0 aliphatic heterocycles. The molecule has 1 unspecified atom stereocenters. The molecule has 0 bridgehead atoms. The van der Waals surface area contributed by atoms with Crippen LogP contribution in [0.15, 0.2) is 27.7 Å². The minimum Gasteiger partial charge on any atom is -0.211 e. The van der Waals surface area contributed by atoms with E-state index in [1.807, 2.05) is 12.1 Å².